The number of carbonyl (C=O) groups is 1. The van der Waals surface area contributed by atoms with E-state index in [4.69, 9.17) is 9.47 Å². The van der Waals surface area contributed by atoms with E-state index in [1.807, 2.05) is 36.4 Å². The van der Waals surface area contributed by atoms with Crippen molar-refractivity contribution in [3.05, 3.63) is 83.9 Å². The van der Waals surface area contributed by atoms with E-state index >= 15 is 0 Å². The molecule has 0 saturated carbocycles. The Morgan fingerprint density at radius 2 is 1.14 bits per heavy atom. The number of unbranched alkanes of at least 4 members (excludes halogenated alkanes) is 7. The largest absolute Gasteiger partial charge is 0.494 e. The lowest BCUT2D eigenvalue weighted by Crippen LogP contribution is -2.08. The molecule has 3 heteroatoms. The van der Waals surface area contributed by atoms with Gasteiger partial charge in [-0.1, -0.05) is 95.2 Å². The standard InChI is InChI=1S/C32H40O3/c1-3-5-7-8-9-11-25-34-30-21-19-29(20-22-30)32(33)35-31-23-17-28(18-24-31)27-15-13-26(14-16-27)12-10-6-4-2/h13-24H,3-12,25H2,1-2H3. The van der Waals surface area contributed by atoms with Crippen molar-refractivity contribution in [2.75, 3.05) is 6.61 Å². The molecule has 0 N–H and O–H groups in total. The summed E-state index contributed by atoms with van der Waals surface area (Å²) in [5.41, 5.74) is 4.17. The number of rotatable bonds is 15. The molecule has 35 heavy (non-hydrogen) atoms. The van der Waals surface area contributed by atoms with Crippen molar-refractivity contribution >= 4 is 5.97 Å². The summed E-state index contributed by atoms with van der Waals surface area (Å²) in [6, 6.07) is 23.6. The maximum absolute atomic E-state index is 12.5. The van der Waals surface area contributed by atoms with Crippen LogP contribution in [0.1, 0.15) is 87.6 Å². The number of benzene rings is 3. The smallest absolute Gasteiger partial charge is 0.343 e. The Balaban J connectivity index is 1.45. The normalized spacial score (nSPS) is 10.8. The summed E-state index contributed by atoms with van der Waals surface area (Å²) in [4.78, 5) is 12.5. The topological polar surface area (TPSA) is 35.5 Å². The molecular formula is C32H40O3. The first-order chi connectivity index (χ1) is 17.2. The van der Waals surface area contributed by atoms with Gasteiger partial charge in [0.15, 0.2) is 0 Å². The van der Waals surface area contributed by atoms with Gasteiger partial charge < -0.3 is 9.47 Å². The Morgan fingerprint density at radius 1 is 0.600 bits per heavy atom. The molecule has 0 fully saturated rings. The van der Waals surface area contributed by atoms with Crippen LogP contribution in [0, 0.1) is 0 Å². The molecular weight excluding hydrogens is 432 g/mol. The van der Waals surface area contributed by atoms with E-state index in [-0.39, 0.29) is 5.97 Å². The van der Waals surface area contributed by atoms with Gasteiger partial charge in [0.1, 0.15) is 11.5 Å². The third kappa shape index (κ3) is 9.24. The van der Waals surface area contributed by atoms with E-state index in [9.17, 15) is 4.79 Å². The SMILES string of the molecule is CCCCCCCCOc1ccc(C(=O)Oc2ccc(-c3ccc(CCCCC)cc3)cc2)cc1. The molecule has 3 aromatic carbocycles. The highest BCUT2D eigenvalue weighted by atomic mass is 16.5. The molecule has 0 atom stereocenters. The number of esters is 1. The van der Waals surface area contributed by atoms with Gasteiger partial charge in [0.05, 0.1) is 12.2 Å². The summed E-state index contributed by atoms with van der Waals surface area (Å²) in [7, 11) is 0. The fourth-order valence-corrected chi connectivity index (χ4v) is 4.08. The van der Waals surface area contributed by atoms with Crippen LogP contribution in [0.2, 0.25) is 0 Å². The van der Waals surface area contributed by atoms with Crippen LogP contribution in [-0.4, -0.2) is 12.6 Å². The van der Waals surface area contributed by atoms with Crippen molar-refractivity contribution in [2.45, 2.75) is 78.1 Å². The third-order valence-corrected chi connectivity index (χ3v) is 6.28. The summed E-state index contributed by atoms with van der Waals surface area (Å²) in [5, 5.41) is 0. The van der Waals surface area contributed by atoms with Crippen molar-refractivity contribution in [1.29, 1.82) is 0 Å². The lowest BCUT2D eigenvalue weighted by atomic mass is 10.0. The first kappa shape index (κ1) is 26.5. The van der Waals surface area contributed by atoms with E-state index in [0.29, 0.717) is 17.9 Å². The number of ether oxygens (including phenoxy) is 2. The molecule has 0 spiro atoms. The van der Waals surface area contributed by atoms with Gasteiger partial charge in [0, 0.05) is 0 Å². The van der Waals surface area contributed by atoms with E-state index in [0.717, 1.165) is 24.2 Å². The molecule has 0 saturated heterocycles. The van der Waals surface area contributed by atoms with Crippen molar-refractivity contribution in [1.82, 2.24) is 0 Å². The van der Waals surface area contributed by atoms with E-state index in [1.54, 1.807) is 12.1 Å². The van der Waals surface area contributed by atoms with Gasteiger partial charge in [-0.25, -0.2) is 4.79 Å². The Morgan fingerprint density at radius 3 is 1.80 bits per heavy atom. The number of carbonyl (C=O) groups excluding carboxylic acids is 1. The average molecular weight is 473 g/mol. The zero-order chi connectivity index (χ0) is 24.7. The molecule has 0 aliphatic carbocycles. The van der Waals surface area contributed by atoms with Gasteiger partial charge in [-0.05, 0) is 72.4 Å². The van der Waals surface area contributed by atoms with Crippen molar-refractivity contribution in [3.63, 3.8) is 0 Å². The minimum Gasteiger partial charge on any atom is -0.494 e. The summed E-state index contributed by atoms with van der Waals surface area (Å²) >= 11 is 0. The summed E-state index contributed by atoms with van der Waals surface area (Å²) in [5.74, 6) is 0.964. The molecule has 3 aromatic rings. The van der Waals surface area contributed by atoms with Crippen LogP contribution < -0.4 is 9.47 Å². The molecule has 0 bridgehead atoms. The second-order valence-corrected chi connectivity index (χ2v) is 9.21. The quantitative estimate of drug-likeness (QED) is 0.126. The van der Waals surface area contributed by atoms with Gasteiger partial charge in [0.25, 0.3) is 0 Å². The molecule has 186 valence electrons. The molecule has 0 heterocycles. The third-order valence-electron chi connectivity index (χ3n) is 6.28. The van der Waals surface area contributed by atoms with Crippen LogP contribution in [0.25, 0.3) is 11.1 Å². The lowest BCUT2D eigenvalue weighted by Gasteiger charge is -2.09. The van der Waals surface area contributed by atoms with E-state index in [1.165, 1.54) is 62.5 Å². The van der Waals surface area contributed by atoms with Gasteiger partial charge in [-0.2, -0.15) is 0 Å². The zero-order valence-corrected chi connectivity index (χ0v) is 21.4. The molecule has 0 radical (unpaired) electrons. The van der Waals surface area contributed by atoms with E-state index in [2.05, 4.69) is 38.1 Å². The maximum atomic E-state index is 12.5. The maximum Gasteiger partial charge on any atom is 0.343 e. The first-order valence-corrected chi connectivity index (χ1v) is 13.3. The van der Waals surface area contributed by atoms with Crippen molar-refractivity contribution in [3.8, 4) is 22.6 Å². The Labute approximate surface area is 211 Å². The molecule has 0 amide bonds. The second-order valence-electron chi connectivity index (χ2n) is 9.21. The first-order valence-electron chi connectivity index (χ1n) is 13.3. The highest BCUT2D eigenvalue weighted by Gasteiger charge is 2.09. The van der Waals surface area contributed by atoms with Crippen LogP contribution in [0.4, 0.5) is 0 Å². The average Bonchev–Trinajstić information content (AvgIpc) is 2.89. The number of aryl methyl sites for hydroxylation is 1. The molecule has 3 nitrogen and oxygen atoms in total. The fourth-order valence-electron chi connectivity index (χ4n) is 4.08. The zero-order valence-electron chi connectivity index (χ0n) is 21.4. The minimum atomic E-state index is -0.364. The van der Waals surface area contributed by atoms with Crippen LogP contribution in [0.5, 0.6) is 11.5 Å². The Bertz CT molecular complexity index is 988. The molecule has 0 unspecified atom stereocenters. The minimum absolute atomic E-state index is 0.364. The fraction of sp³-hybridized carbons (Fsp3) is 0.406. The molecule has 0 aromatic heterocycles. The van der Waals surface area contributed by atoms with Gasteiger partial charge in [0.2, 0.25) is 0 Å². The van der Waals surface area contributed by atoms with Gasteiger partial charge in [-0.3, -0.25) is 0 Å². The highest BCUT2D eigenvalue weighted by Crippen LogP contribution is 2.24. The van der Waals surface area contributed by atoms with Gasteiger partial charge >= 0.3 is 5.97 Å². The monoisotopic (exact) mass is 472 g/mol. The van der Waals surface area contributed by atoms with Crippen LogP contribution >= 0.6 is 0 Å². The van der Waals surface area contributed by atoms with Crippen molar-refractivity contribution in [2.24, 2.45) is 0 Å². The Kier molecular flexibility index (Phi) is 11.4. The Hall–Kier alpha value is -3.07. The summed E-state index contributed by atoms with van der Waals surface area (Å²) < 4.78 is 11.4. The predicted molar refractivity (Wildman–Crippen MR) is 145 cm³/mol. The van der Waals surface area contributed by atoms with Crippen LogP contribution in [0.15, 0.2) is 72.8 Å². The lowest BCUT2D eigenvalue weighted by molar-refractivity contribution is 0.0734. The molecule has 0 aliphatic rings. The number of hydrogen-bond acceptors (Lipinski definition) is 3. The summed E-state index contributed by atoms with van der Waals surface area (Å²) in [6.45, 7) is 5.17. The van der Waals surface area contributed by atoms with Crippen LogP contribution in [0.3, 0.4) is 0 Å². The molecule has 0 aliphatic heterocycles. The summed E-state index contributed by atoms with van der Waals surface area (Å²) in [6.07, 6.45) is 12.3. The highest BCUT2D eigenvalue weighted by molar-refractivity contribution is 5.91. The predicted octanol–water partition coefficient (Wildman–Crippen LogP) is 9.04. The molecule has 3 rings (SSSR count). The van der Waals surface area contributed by atoms with Crippen LogP contribution in [-0.2, 0) is 6.42 Å². The number of hydrogen-bond donors (Lipinski definition) is 0. The second kappa shape index (κ2) is 15.0. The van der Waals surface area contributed by atoms with Gasteiger partial charge in [-0.15, -0.1) is 0 Å². The van der Waals surface area contributed by atoms with Crippen molar-refractivity contribution < 1.29 is 14.3 Å². The van der Waals surface area contributed by atoms with E-state index < -0.39 is 0 Å².